The summed E-state index contributed by atoms with van der Waals surface area (Å²) in [6, 6.07) is 3.74. The van der Waals surface area contributed by atoms with E-state index in [2.05, 4.69) is 10.4 Å². The molecule has 1 heterocycles. The van der Waals surface area contributed by atoms with Crippen LogP contribution in [0, 0.1) is 12.7 Å². The first-order valence-electron chi connectivity index (χ1n) is 6.03. The maximum Gasteiger partial charge on any atom is 0.276 e. The van der Waals surface area contributed by atoms with Crippen molar-refractivity contribution in [2.45, 2.75) is 20.4 Å². The minimum absolute atomic E-state index is 0.192. The summed E-state index contributed by atoms with van der Waals surface area (Å²) in [6.45, 7) is 4.06. The van der Waals surface area contributed by atoms with Crippen molar-refractivity contribution in [3.63, 3.8) is 0 Å². The van der Waals surface area contributed by atoms with Crippen LogP contribution in [-0.4, -0.2) is 15.7 Å². The molecule has 0 saturated carbocycles. The number of hydrogen-bond donors (Lipinski definition) is 2. The number of nitrogens with two attached hydrogens (primary N) is 1. The molecular weight excluding hydrogens is 283 g/mol. The van der Waals surface area contributed by atoms with Crippen LogP contribution in [-0.2, 0) is 6.54 Å². The maximum atomic E-state index is 13.2. The molecule has 0 spiro atoms. The van der Waals surface area contributed by atoms with Crippen LogP contribution >= 0.6 is 11.6 Å². The molecule has 0 bridgehead atoms. The molecule has 0 aliphatic rings. The van der Waals surface area contributed by atoms with Crippen molar-refractivity contribution in [1.82, 2.24) is 9.78 Å². The second-order valence-electron chi connectivity index (χ2n) is 4.24. The van der Waals surface area contributed by atoms with E-state index in [0.717, 1.165) is 6.07 Å². The smallest absolute Gasteiger partial charge is 0.276 e. The first-order chi connectivity index (χ1) is 9.43. The Bertz CT molecular complexity index is 669. The van der Waals surface area contributed by atoms with Gasteiger partial charge in [-0.25, -0.2) is 4.39 Å². The lowest BCUT2D eigenvalue weighted by molar-refractivity contribution is 0.101. The highest BCUT2D eigenvalue weighted by Crippen LogP contribution is 2.24. The summed E-state index contributed by atoms with van der Waals surface area (Å²) in [4.78, 5) is 12.3. The third-order valence-corrected chi connectivity index (χ3v) is 3.19. The number of amides is 1. The van der Waals surface area contributed by atoms with E-state index >= 15 is 0 Å². The number of halogens is 2. The molecular formula is C13H14ClFN4O. The molecule has 20 heavy (non-hydrogen) atoms. The quantitative estimate of drug-likeness (QED) is 0.914. The molecule has 0 radical (unpaired) electrons. The van der Waals surface area contributed by atoms with Crippen molar-refractivity contribution in [2.75, 3.05) is 11.1 Å². The standard InChI is InChI=1S/C13H14ClFN4O/c1-3-19-12(11(16)7(2)18-19)13(20)17-10-6-8(15)4-5-9(10)14/h4-6H,3,16H2,1-2H3,(H,17,20). The monoisotopic (exact) mass is 296 g/mol. The second-order valence-corrected chi connectivity index (χ2v) is 4.65. The fourth-order valence-electron chi connectivity index (χ4n) is 1.84. The molecule has 2 rings (SSSR count). The van der Waals surface area contributed by atoms with Gasteiger partial charge in [0.25, 0.3) is 5.91 Å². The van der Waals surface area contributed by atoms with Gasteiger partial charge in [0.05, 0.1) is 22.1 Å². The number of benzene rings is 1. The van der Waals surface area contributed by atoms with Crippen molar-refractivity contribution in [3.8, 4) is 0 Å². The third-order valence-electron chi connectivity index (χ3n) is 2.86. The van der Waals surface area contributed by atoms with Crippen LogP contribution in [0.5, 0.6) is 0 Å². The van der Waals surface area contributed by atoms with Crippen LogP contribution in [0.15, 0.2) is 18.2 Å². The second kappa shape index (κ2) is 5.50. The Morgan fingerprint density at radius 3 is 2.90 bits per heavy atom. The van der Waals surface area contributed by atoms with E-state index in [-0.39, 0.29) is 16.4 Å². The number of nitrogen functional groups attached to an aromatic ring is 1. The Labute approximate surface area is 120 Å². The summed E-state index contributed by atoms with van der Waals surface area (Å²) in [7, 11) is 0. The summed E-state index contributed by atoms with van der Waals surface area (Å²) in [6.07, 6.45) is 0. The predicted molar refractivity (Wildman–Crippen MR) is 76.4 cm³/mol. The van der Waals surface area contributed by atoms with Crippen LogP contribution in [0.2, 0.25) is 5.02 Å². The van der Waals surface area contributed by atoms with Gasteiger partial charge in [0.1, 0.15) is 11.5 Å². The van der Waals surface area contributed by atoms with E-state index in [1.54, 1.807) is 6.92 Å². The van der Waals surface area contributed by atoms with Crippen LogP contribution in [0.4, 0.5) is 15.8 Å². The van der Waals surface area contributed by atoms with Gasteiger partial charge in [0, 0.05) is 6.54 Å². The summed E-state index contributed by atoms with van der Waals surface area (Å²) in [5, 5.41) is 6.95. The molecule has 1 amide bonds. The minimum atomic E-state index is -0.488. The lowest BCUT2D eigenvalue weighted by Crippen LogP contribution is -2.19. The molecule has 0 unspecified atom stereocenters. The molecule has 5 nitrogen and oxygen atoms in total. The van der Waals surface area contributed by atoms with Gasteiger partial charge < -0.3 is 11.1 Å². The molecule has 7 heteroatoms. The summed E-state index contributed by atoms with van der Waals surface area (Å²) < 4.78 is 14.7. The van der Waals surface area contributed by atoms with Gasteiger partial charge in [0.2, 0.25) is 0 Å². The van der Waals surface area contributed by atoms with Gasteiger partial charge in [-0.3, -0.25) is 9.48 Å². The van der Waals surface area contributed by atoms with Crippen LogP contribution in [0.1, 0.15) is 23.1 Å². The Morgan fingerprint density at radius 1 is 1.55 bits per heavy atom. The average molecular weight is 297 g/mol. The number of carbonyl (C=O) groups is 1. The highest BCUT2D eigenvalue weighted by atomic mass is 35.5. The molecule has 1 aromatic heterocycles. The van der Waals surface area contributed by atoms with Crippen LogP contribution in [0.3, 0.4) is 0 Å². The molecule has 2 aromatic rings. The Hall–Kier alpha value is -2.08. The number of nitrogens with one attached hydrogen (secondary N) is 1. The molecule has 0 saturated heterocycles. The van der Waals surface area contributed by atoms with Crippen LogP contribution < -0.4 is 11.1 Å². The number of carbonyl (C=O) groups excluding carboxylic acids is 1. The van der Waals surface area contributed by atoms with E-state index in [1.807, 2.05) is 6.92 Å². The lowest BCUT2D eigenvalue weighted by Gasteiger charge is -2.09. The summed E-state index contributed by atoms with van der Waals surface area (Å²) >= 11 is 5.91. The number of aromatic nitrogens is 2. The number of nitrogens with zero attached hydrogens (tertiary/aromatic N) is 2. The average Bonchev–Trinajstić information content (AvgIpc) is 2.69. The van der Waals surface area contributed by atoms with Crippen LogP contribution in [0.25, 0.3) is 0 Å². The normalized spacial score (nSPS) is 10.6. The Kier molecular flexibility index (Phi) is 3.94. The molecule has 0 aliphatic carbocycles. The third kappa shape index (κ3) is 2.60. The Balaban J connectivity index is 2.35. The van der Waals surface area contributed by atoms with Crippen molar-refractivity contribution in [1.29, 1.82) is 0 Å². The molecule has 0 aliphatic heterocycles. The van der Waals surface area contributed by atoms with Crippen molar-refractivity contribution >= 4 is 28.9 Å². The predicted octanol–water partition coefficient (Wildman–Crippen LogP) is 2.84. The number of anilines is 2. The molecule has 1 aromatic carbocycles. The summed E-state index contributed by atoms with van der Waals surface area (Å²) in [5.41, 5.74) is 7.16. The van der Waals surface area contributed by atoms with E-state index in [0.29, 0.717) is 17.9 Å². The number of rotatable bonds is 3. The van der Waals surface area contributed by atoms with E-state index in [9.17, 15) is 9.18 Å². The Morgan fingerprint density at radius 2 is 2.25 bits per heavy atom. The van der Waals surface area contributed by atoms with Gasteiger partial charge in [-0.2, -0.15) is 5.10 Å². The number of hydrogen-bond acceptors (Lipinski definition) is 3. The first-order valence-corrected chi connectivity index (χ1v) is 6.41. The minimum Gasteiger partial charge on any atom is -0.395 e. The van der Waals surface area contributed by atoms with Crippen molar-refractivity contribution in [3.05, 3.63) is 40.4 Å². The number of aryl methyl sites for hydroxylation is 2. The van der Waals surface area contributed by atoms with E-state index in [1.165, 1.54) is 16.8 Å². The zero-order chi connectivity index (χ0) is 14.9. The lowest BCUT2D eigenvalue weighted by atomic mass is 10.2. The fraction of sp³-hybridized carbons (Fsp3) is 0.231. The summed E-state index contributed by atoms with van der Waals surface area (Å²) in [5.74, 6) is -0.963. The van der Waals surface area contributed by atoms with E-state index in [4.69, 9.17) is 17.3 Å². The van der Waals surface area contributed by atoms with Gasteiger partial charge >= 0.3 is 0 Å². The SMILES string of the molecule is CCn1nc(C)c(N)c1C(=O)Nc1cc(F)ccc1Cl. The van der Waals surface area contributed by atoms with Gasteiger partial charge in [-0.05, 0) is 32.0 Å². The highest BCUT2D eigenvalue weighted by molar-refractivity contribution is 6.34. The molecule has 106 valence electrons. The zero-order valence-corrected chi connectivity index (χ0v) is 11.8. The van der Waals surface area contributed by atoms with Crippen molar-refractivity contribution in [2.24, 2.45) is 0 Å². The zero-order valence-electron chi connectivity index (χ0n) is 11.1. The van der Waals surface area contributed by atoms with Gasteiger partial charge in [-0.1, -0.05) is 11.6 Å². The highest BCUT2D eigenvalue weighted by Gasteiger charge is 2.20. The molecule has 3 N–H and O–H groups in total. The fourth-order valence-corrected chi connectivity index (χ4v) is 2.00. The van der Waals surface area contributed by atoms with Gasteiger partial charge in [0.15, 0.2) is 0 Å². The van der Waals surface area contributed by atoms with Gasteiger partial charge in [-0.15, -0.1) is 0 Å². The molecule has 0 fully saturated rings. The first kappa shape index (κ1) is 14.3. The van der Waals surface area contributed by atoms with Crippen molar-refractivity contribution < 1.29 is 9.18 Å². The molecule has 0 atom stereocenters. The topological polar surface area (TPSA) is 72.9 Å². The maximum absolute atomic E-state index is 13.2. The largest absolute Gasteiger partial charge is 0.395 e. The van der Waals surface area contributed by atoms with E-state index < -0.39 is 11.7 Å².